The molecule has 0 unspecified atom stereocenters. The summed E-state index contributed by atoms with van der Waals surface area (Å²) in [6, 6.07) is 11.9. The van der Waals surface area contributed by atoms with E-state index < -0.39 is 0 Å². The minimum absolute atomic E-state index is 0.0792. The molecule has 3 heteroatoms. The van der Waals surface area contributed by atoms with Crippen molar-refractivity contribution in [3.05, 3.63) is 42.0 Å². The van der Waals surface area contributed by atoms with Crippen LogP contribution in [0.25, 0.3) is 10.8 Å². The first-order valence-corrected chi connectivity index (χ1v) is 7.52. The minimum Gasteiger partial charge on any atom is -0.481 e. The normalized spacial score (nSPS) is 14.1. The van der Waals surface area contributed by atoms with Crippen LogP contribution >= 0.6 is 0 Å². The molecule has 0 saturated heterocycles. The molecule has 0 heterocycles. The summed E-state index contributed by atoms with van der Waals surface area (Å²) in [5, 5.41) is 2.16. The van der Waals surface area contributed by atoms with E-state index in [9.17, 15) is 4.79 Å². The Morgan fingerprint density at radius 2 is 1.95 bits per heavy atom. The minimum atomic E-state index is -0.109. The lowest BCUT2D eigenvalue weighted by molar-refractivity contribution is -0.152. The molecule has 112 valence electrons. The molecule has 1 saturated carbocycles. The molecule has 2 aromatic carbocycles. The molecule has 1 fully saturated rings. The first kappa shape index (κ1) is 14.5. The highest BCUT2D eigenvalue weighted by Gasteiger charge is 2.26. The van der Waals surface area contributed by atoms with Gasteiger partial charge in [-0.25, -0.2) is 0 Å². The van der Waals surface area contributed by atoms with Gasteiger partial charge in [0.05, 0.1) is 5.92 Å². The first-order chi connectivity index (χ1) is 10.8. The summed E-state index contributed by atoms with van der Waals surface area (Å²) in [4.78, 5) is 11.9. The van der Waals surface area contributed by atoms with Gasteiger partial charge >= 0.3 is 5.97 Å². The van der Waals surface area contributed by atoms with Gasteiger partial charge in [-0.1, -0.05) is 36.6 Å². The summed E-state index contributed by atoms with van der Waals surface area (Å²) in [5.74, 6) is 3.11. The first-order valence-electron chi connectivity index (χ1n) is 7.52. The van der Waals surface area contributed by atoms with E-state index in [0.29, 0.717) is 5.75 Å². The standard InChI is InChI=1S/C19H18O3/c1-2-10-21-18-12-16-7-4-3-6-15(16)11-17(18)13-22-19(20)14-8-5-9-14/h1,3-4,6-7,11-12,14H,5,8-10,13H2. The highest BCUT2D eigenvalue weighted by molar-refractivity contribution is 5.85. The monoisotopic (exact) mass is 294 g/mol. The van der Waals surface area contributed by atoms with Gasteiger partial charge in [0.15, 0.2) is 0 Å². The second kappa shape index (κ2) is 6.53. The van der Waals surface area contributed by atoms with E-state index >= 15 is 0 Å². The van der Waals surface area contributed by atoms with Crippen LogP contribution in [0.1, 0.15) is 24.8 Å². The number of ether oxygens (including phenoxy) is 2. The van der Waals surface area contributed by atoms with Crippen LogP contribution in [0.5, 0.6) is 5.75 Å². The molecule has 0 aromatic heterocycles. The molecule has 0 atom stereocenters. The van der Waals surface area contributed by atoms with Gasteiger partial charge in [-0.2, -0.15) is 0 Å². The quantitative estimate of drug-likeness (QED) is 0.623. The van der Waals surface area contributed by atoms with Crippen LogP contribution in [-0.2, 0) is 16.1 Å². The Kier molecular flexibility index (Phi) is 4.29. The number of carbonyl (C=O) groups excluding carboxylic acids is 1. The molecule has 0 amide bonds. The summed E-state index contributed by atoms with van der Waals surface area (Å²) in [7, 11) is 0. The molecule has 2 aromatic rings. The van der Waals surface area contributed by atoms with Gasteiger partial charge in [0.25, 0.3) is 0 Å². The summed E-state index contributed by atoms with van der Waals surface area (Å²) in [6.45, 7) is 0.419. The fourth-order valence-electron chi connectivity index (χ4n) is 2.54. The van der Waals surface area contributed by atoms with Crippen molar-refractivity contribution >= 4 is 16.7 Å². The molecular formula is C19H18O3. The topological polar surface area (TPSA) is 35.5 Å². The second-order valence-electron chi connectivity index (χ2n) is 5.54. The third kappa shape index (κ3) is 3.07. The van der Waals surface area contributed by atoms with E-state index in [1.165, 1.54) is 0 Å². The molecule has 0 spiro atoms. The number of benzene rings is 2. The van der Waals surface area contributed by atoms with E-state index in [4.69, 9.17) is 15.9 Å². The van der Waals surface area contributed by atoms with Gasteiger partial charge in [-0.05, 0) is 35.7 Å². The predicted octanol–water partition coefficient (Wildman–Crippen LogP) is 3.70. The highest BCUT2D eigenvalue weighted by atomic mass is 16.5. The van der Waals surface area contributed by atoms with Crippen LogP contribution < -0.4 is 4.74 Å². The van der Waals surface area contributed by atoms with Gasteiger partial charge in [0.2, 0.25) is 0 Å². The zero-order valence-electron chi connectivity index (χ0n) is 12.4. The lowest BCUT2D eigenvalue weighted by atomic mass is 9.86. The van der Waals surface area contributed by atoms with Gasteiger partial charge in [-0.15, -0.1) is 6.42 Å². The van der Waals surface area contributed by atoms with Crippen LogP contribution in [-0.4, -0.2) is 12.6 Å². The maximum atomic E-state index is 11.9. The molecule has 3 rings (SSSR count). The van der Waals surface area contributed by atoms with E-state index in [1.54, 1.807) is 0 Å². The molecular weight excluding hydrogens is 276 g/mol. The van der Waals surface area contributed by atoms with Crippen LogP contribution in [0.4, 0.5) is 0 Å². The van der Waals surface area contributed by atoms with Crippen molar-refractivity contribution in [1.29, 1.82) is 0 Å². The summed E-state index contributed by atoms with van der Waals surface area (Å²) in [5.41, 5.74) is 0.849. The Hall–Kier alpha value is -2.47. The molecule has 0 aliphatic heterocycles. The van der Waals surface area contributed by atoms with Crippen molar-refractivity contribution in [3.63, 3.8) is 0 Å². The number of rotatable bonds is 5. The van der Waals surface area contributed by atoms with Crippen LogP contribution in [0.3, 0.4) is 0 Å². The Morgan fingerprint density at radius 1 is 1.23 bits per heavy atom. The lowest BCUT2D eigenvalue weighted by Gasteiger charge is -2.23. The highest BCUT2D eigenvalue weighted by Crippen LogP contribution is 2.30. The molecule has 0 radical (unpaired) electrons. The molecule has 22 heavy (non-hydrogen) atoms. The number of terminal acetylenes is 1. The van der Waals surface area contributed by atoms with E-state index in [0.717, 1.165) is 35.6 Å². The van der Waals surface area contributed by atoms with Crippen LogP contribution in [0, 0.1) is 18.3 Å². The van der Waals surface area contributed by atoms with Crippen molar-refractivity contribution in [2.45, 2.75) is 25.9 Å². The van der Waals surface area contributed by atoms with Gasteiger partial charge in [0, 0.05) is 5.56 Å². The predicted molar refractivity (Wildman–Crippen MR) is 85.4 cm³/mol. The molecule has 1 aliphatic carbocycles. The number of hydrogen-bond acceptors (Lipinski definition) is 3. The number of hydrogen-bond donors (Lipinski definition) is 0. The average molecular weight is 294 g/mol. The smallest absolute Gasteiger partial charge is 0.309 e. The summed E-state index contributed by atoms with van der Waals surface area (Å²) < 4.78 is 11.0. The van der Waals surface area contributed by atoms with Crippen molar-refractivity contribution < 1.29 is 14.3 Å². The Balaban J connectivity index is 1.81. The largest absolute Gasteiger partial charge is 0.481 e. The number of esters is 1. The third-order valence-corrected chi connectivity index (χ3v) is 4.05. The Labute approximate surface area is 130 Å². The Morgan fingerprint density at radius 3 is 2.59 bits per heavy atom. The van der Waals surface area contributed by atoms with Gasteiger partial charge in [0.1, 0.15) is 19.0 Å². The van der Waals surface area contributed by atoms with Gasteiger partial charge in [-0.3, -0.25) is 4.79 Å². The molecule has 0 N–H and O–H groups in total. The van der Waals surface area contributed by atoms with Crippen molar-refractivity contribution in [2.75, 3.05) is 6.61 Å². The molecule has 1 aliphatic rings. The number of carbonyl (C=O) groups is 1. The molecule has 0 bridgehead atoms. The zero-order valence-corrected chi connectivity index (χ0v) is 12.4. The van der Waals surface area contributed by atoms with Crippen molar-refractivity contribution in [3.8, 4) is 18.1 Å². The van der Waals surface area contributed by atoms with Crippen molar-refractivity contribution in [2.24, 2.45) is 5.92 Å². The number of fused-ring (bicyclic) bond motifs is 1. The zero-order chi connectivity index (χ0) is 15.4. The lowest BCUT2D eigenvalue weighted by Crippen LogP contribution is -2.24. The van der Waals surface area contributed by atoms with Gasteiger partial charge < -0.3 is 9.47 Å². The third-order valence-electron chi connectivity index (χ3n) is 4.05. The fraction of sp³-hybridized carbons (Fsp3) is 0.316. The van der Waals surface area contributed by atoms with E-state index in [2.05, 4.69) is 5.92 Å². The Bertz CT molecular complexity index is 723. The average Bonchev–Trinajstić information content (AvgIpc) is 2.48. The maximum Gasteiger partial charge on any atom is 0.309 e. The summed E-state index contributed by atoms with van der Waals surface area (Å²) in [6.07, 6.45) is 8.27. The molecule has 3 nitrogen and oxygen atoms in total. The fourth-order valence-corrected chi connectivity index (χ4v) is 2.54. The van der Waals surface area contributed by atoms with Crippen molar-refractivity contribution in [1.82, 2.24) is 0 Å². The summed E-state index contributed by atoms with van der Waals surface area (Å²) >= 11 is 0. The van der Waals surface area contributed by atoms with E-state index in [1.807, 2.05) is 36.4 Å². The van der Waals surface area contributed by atoms with Crippen LogP contribution in [0.15, 0.2) is 36.4 Å². The maximum absolute atomic E-state index is 11.9. The van der Waals surface area contributed by atoms with Crippen LogP contribution in [0.2, 0.25) is 0 Å². The second-order valence-corrected chi connectivity index (χ2v) is 5.54. The SMILES string of the molecule is C#CCOc1cc2ccccc2cc1COC(=O)C1CCC1. The van der Waals surface area contributed by atoms with E-state index in [-0.39, 0.29) is 25.1 Å².